The number of ether oxygens (including phenoxy) is 2. The van der Waals surface area contributed by atoms with Crippen LogP contribution in [0.2, 0.25) is 0 Å². The molecule has 2 amide bonds. The van der Waals surface area contributed by atoms with Crippen molar-refractivity contribution in [3.8, 4) is 5.75 Å². The zero-order chi connectivity index (χ0) is 35.1. The SMILES string of the molecule is CCCCNC(=O)N(CCOc1ccc(CC(OCC)C(=O)O)cc1)CC(F)(F)C(F)(F)C(F)(F)C(F)(F)C(F)(F)C(F)(F)F. The summed E-state index contributed by atoms with van der Waals surface area (Å²) in [5.74, 6) is -39.3. The summed E-state index contributed by atoms with van der Waals surface area (Å²) in [6.45, 7) is -1.82. The van der Waals surface area contributed by atoms with Crippen LogP contribution in [0.3, 0.4) is 0 Å². The first-order valence-electron chi connectivity index (χ1n) is 13.0. The molecule has 7 nitrogen and oxygen atoms in total. The van der Waals surface area contributed by atoms with Gasteiger partial charge in [-0.1, -0.05) is 25.5 Å². The van der Waals surface area contributed by atoms with Crippen LogP contribution in [0.1, 0.15) is 32.3 Å². The van der Waals surface area contributed by atoms with E-state index in [4.69, 9.17) is 14.6 Å². The summed E-state index contributed by atoms with van der Waals surface area (Å²) in [4.78, 5) is 23.3. The van der Waals surface area contributed by atoms with Gasteiger partial charge >= 0.3 is 47.8 Å². The fourth-order valence-electron chi connectivity index (χ4n) is 3.51. The Kier molecular flexibility index (Phi) is 13.2. The quantitative estimate of drug-likeness (QED) is 0.134. The second-order valence-corrected chi connectivity index (χ2v) is 9.49. The number of carboxylic acid groups (broad SMARTS) is 1. The van der Waals surface area contributed by atoms with Crippen LogP contribution in [-0.4, -0.2) is 96.7 Å². The summed E-state index contributed by atoms with van der Waals surface area (Å²) in [6.07, 6.45) is -8.23. The van der Waals surface area contributed by atoms with Crippen molar-refractivity contribution in [3.63, 3.8) is 0 Å². The Hall–Kier alpha value is -3.19. The van der Waals surface area contributed by atoms with Crippen LogP contribution in [0.5, 0.6) is 5.75 Å². The van der Waals surface area contributed by atoms with Gasteiger partial charge in [0.15, 0.2) is 6.10 Å². The van der Waals surface area contributed by atoms with E-state index in [0.717, 1.165) is 0 Å². The van der Waals surface area contributed by atoms with Gasteiger partial charge in [-0.25, -0.2) is 9.59 Å². The van der Waals surface area contributed by atoms with Gasteiger partial charge in [0.2, 0.25) is 0 Å². The van der Waals surface area contributed by atoms with E-state index in [1.165, 1.54) is 24.3 Å². The molecule has 0 saturated carbocycles. The minimum atomic E-state index is -8.05. The van der Waals surface area contributed by atoms with Crippen molar-refractivity contribution in [3.05, 3.63) is 29.8 Å². The van der Waals surface area contributed by atoms with Crippen LogP contribution in [0.25, 0.3) is 0 Å². The van der Waals surface area contributed by atoms with Crippen molar-refractivity contribution in [2.45, 2.75) is 75.0 Å². The van der Waals surface area contributed by atoms with Gasteiger partial charge < -0.3 is 24.8 Å². The standard InChI is InChI=1S/C25H29F13N2O5/c1-3-5-10-39-19(43)40(11-12-45-16-8-6-15(7-9-16)13-17(18(41)42)44-4-2)14-20(26,27)21(28,29)22(30,31)23(32,33)24(34,35)25(36,37)38/h6-9,17H,3-5,10-14H2,1-2H3,(H,39,43)(H,41,42). The number of carbonyl (C=O) groups excluding carboxylic acids is 1. The third-order valence-electron chi connectivity index (χ3n) is 6.10. The van der Waals surface area contributed by atoms with E-state index in [1.54, 1.807) is 13.8 Å². The van der Waals surface area contributed by atoms with E-state index in [-0.39, 0.29) is 36.6 Å². The van der Waals surface area contributed by atoms with E-state index in [1.807, 2.05) is 5.32 Å². The van der Waals surface area contributed by atoms with Crippen LogP contribution < -0.4 is 10.1 Å². The Morgan fingerprint density at radius 3 is 1.84 bits per heavy atom. The molecule has 1 rings (SSSR count). The van der Waals surface area contributed by atoms with Crippen molar-refractivity contribution in [1.82, 2.24) is 10.2 Å². The van der Waals surface area contributed by atoms with E-state index in [9.17, 15) is 66.7 Å². The number of aliphatic carboxylic acids is 1. The zero-order valence-electron chi connectivity index (χ0n) is 23.5. The van der Waals surface area contributed by atoms with E-state index in [2.05, 4.69) is 0 Å². The number of hydrogen-bond donors (Lipinski definition) is 2. The number of urea groups is 1. The lowest BCUT2D eigenvalue weighted by Gasteiger charge is -2.40. The van der Waals surface area contributed by atoms with Crippen molar-refractivity contribution < 1.29 is 81.2 Å². The molecule has 0 heterocycles. The van der Waals surface area contributed by atoms with Gasteiger partial charge in [-0.15, -0.1) is 0 Å². The third kappa shape index (κ3) is 8.96. The number of carbonyl (C=O) groups is 2. The number of amides is 2. The van der Waals surface area contributed by atoms with Crippen LogP contribution in [-0.2, 0) is 16.0 Å². The maximum atomic E-state index is 14.5. The summed E-state index contributed by atoms with van der Waals surface area (Å²) in [6, 6.07) is 3.54. The topological polar surface area (TPSA) is 88.1 Å². The third-order valence-corrected chi connectivity index (χ3v) is 6.10. The zero-order valence-corrected chi connectivity index (χ0v) is 23.5. The molecule has 0 aromatic heterocycles. The Morgan fingerprint density at radius 2 is 1.38 bits per heavy atom. The second-order valence-electron chi connectivity index (χ2n) is 9.49. The normalized spacial score (nSPS) is 14.2. The van der Waals surface area contributed by atoms with E-state index >= 15 is 0 Å². The monoisotopic (exact) mass is 684 g/mol. The highest BCUT2D eigenvalue weighted by Crippen LogP contribution is 2.60. The number of nitrogens with one attached hydrogen (secondary N) is 1. The Bertz CT molecular complexity index is 1120. The predicted molar refractivity (Wildman–Crippen MR) is 129 cm³/mol. The van der Waals surface area contributed by atoms with Crippen molar-refractivity contribution in [2.75, 3.05) is 32.8 Å². The Labute approximate surface area is 247 Å². The molecular formula is C25H29F13N2O5. The second kappa shape index (κ2) is 14.9. The number of halogens is 13. The van der Waals surface area contributed by atoms with Gasteiger partial charge in [0.05, 0.1) is 13.1 Å². The molecule has 1 unspecified atom stereocenters. The molecule has 20 heteroatoms. The molecule has 1 aromatic rings. The molecule has 0 aliphatic carbocycles. The molecular weight excluding hydrogens is 655 g/mol. The van der Waals surface area contributed by atoms with Gasteiger partial charge in [-0.05, 0) is 31.0 Å². The molecule has 1 atom stereocenters. The molecule has 1 aromatic carbocycles. The van der Waals surface area contributed by atoms with Gasteiger partial charge in [-0.2, -0.15) is 57.1 Å². The average molecular weight is 684 g/mol. The maximum Gasteiger partial charge on any atom is 0.460 e. The molecule has 0 aliphatic rings. The summed E-state index contributed by atoms with van der Waals surface area (Å²) < 4.78 is 186. The van der Waals surface area contributed by atoms with Gasteiger partial charge in [-0.3, -0.25) is 0 Å². The molecule has 45 heavy (non-hydrogen) atoms. The number of benzene rings is 1. The summed E-state index contributed by atoms with van der Waals surface area (Å²) in [5.41, 5.74) is 0.427. The molecule has 260 valence electrons. The molecule has 0 radical (unpaired) electrons. The predicted octanol–water partition coefficient (Wildman–Crippen LogP) is 6.65. The lowest BCUT2D eigenvalue weighted by Crippen LogP contribution is -2.71. The summed E-state index contributed by atoms with van der Waals surface area (Å²) in [7, 11) is 0. The molecule has 0 aliphatic heterocycles. The van der Waals surface area contributed by atoms with E-state index < -0.39 is 73.6 Å². The number of hydrogen-bond acceptors (Lipinski definition) is 4. The smallest absolute Gasteiger partial charge is 0.460 e. The van der Waals surface area contributed by atoms with Crippen LogP contribution in [0.4, 0.5) is 61.9 Å². The first-order chi connectivity index (χ1) is 20.4. The van der Waals surface area contributed by atoms with Crippen molar-refractivity contribution in [1.29, 1.82) is 0 Å². The summed E-state index contributed by atoms with van der Waals surface area (Å²) >= 11 is 0. The Morgan fingerprint density at radius 1 is 0.844 bits per heavy atom. The van der Waals surface area contributed by atoms with Crippen LogP contribution in [0.15, 0.2) is 24.3 Å². The molecule has 0 fully saturated rings. The van der Waals surface area contributed by atoms with Gasteiger partial charge in [0.25, 0.3) is 0 Å². The highest BCUT2D eigenvalue weighted by Gasteiger charge is 2.90. The fourth-order valence-corrected chi connectivity index (χ4v) is 3.51. The van der Waals surface area contributed by atoms with Crippen LogP contribution in [0, 0.1) is 0 Å². The van der Waals surface area contributed by atoms with Crippen molar-refractivity contribution >= 4 is 12.0 Å². The van der Waals surface area contributed by atoms with Crippen LogP contribution >= 0.6 is 0 Å². The summed E-state index contributed by atoms with van der Waals surface area (Å²) in [5, 5.41) is 11.1. The average Bonchev–Trinajstić information content (AvgIpc) is 2.92. The minimum absolute atomic E-state index is 0.0639. The maximum absolute atomic E-state index is 14.5. The lowest BCUT2D eigenvalue weighted by molar-refractivity contribution is -0.439. The number of alkyl halides is 13. The van der Waals surface area contributed by atoms with E-state index in [0.29, 0.717) is 12.0 Å². The highest BCUT2D eigenvalue weighted by molar-refractivity contribution is 5.74. The number of nitrogens with zero attached hydrogens (tertiary/aromatic N) is 1. The van der Waals surface area contributed by atoms with Crippen molar-refractivity contribution in [2.24, 2.45) is 0 Å². The first-order valence-corrected chi connectivity index (χ1v) is 13.0. The van der Waals surface area contributed by atoms with Gasteiger partial charge in [0, 0.05) is 19.6 Å². The van der Waals surface area contributed by atoms with Gasteiger partial charge in [0.1, 0.15) is 12.4 Å². The number of rotatable bonds is 18. The molecule has 0 spiro atoms. The highest BCUT2D eigenvalue weighted by atomic mass is 19.4. The number of unbranched alkanes of at least 4 members (excludes halogenated alkanes) is 1. The number of carboxylic acids is 1. The molecule has 0 saturated heterocycles. The Balaban J connectivity index is 3.19. The fraction of sp³-hybridized carbons (Fsp3) is 0.680. The molecule has 0 bridgehead atoms. The first kappa shape index (κ1) is 39.8. The largest absolute Gasteiger partial charge is 0.492 e. The minimum Gasteiger partial charge on any atom is -0.492 e. The molecule has 2 N–H and O–H groups in total. The lowest BCUT2D eigenvalue weighted by atomic mass is 9.93.